The zero-order valence-corrected chi connectivity index (χ0v) is 26.6. The third-order valence-electron chi connectivity index (χ3n) is 6.53. The molecule has 1 aromatic carbocycles. The minimum Gasteiger partial charge on any atom is -0.487 e. The van der Waals surface area contributed by atoms with Crippen LogP contribution >= 0.6 is 0 Å². The summed E-state index contributed by atoms with van der Waals surface area (Å²) in [6.07, 6.45) is 2.11. The van der Waals surface area contributed by atoms with E-state index >= 15 is 0 Å². The standard InChI is InChI=1S/C33H48N2O8/c1-24-21-26(3)34-32(24)31(33-25(2)22-27(4)35-33)28-7-8-29(42-19-17-40-15-13-38-11-9-36-5)30(23-28)43-20-18-41-16-14-39-12-10-37-6/h7-8,21-23,34H,9-20H2,1-6H3/b33-31+. The number of methoxy groups -OCH3 is 2. The highest BCUT2D eigenvalue weighted by Gasteiger charge is 2.21. The molecule has 10 heteroatoms. The number of hydrogen-bond acceptors (Lipinski definition) is 9. The highest BCUT2D eigenvalue weighted by atomic mass is 16.6. The molecule has 0 radical (unpaired) electrons. The zero-order chi connectivity index (χ0) is 30.9. The fourth-order valence-electron chi connectivity index (χ4n) is 4.56. The molecule has 0 saturated heterocycles. The summed E-state index contributed by atoms with van der Waals surface area (Å²) >= 11 is 0. The summed E-state index contributed by atoms with van der Waals surface area (Å²) in [5.41, 5.74) is 8.33. The lowest BCUT2D eigenvalue weighted by Crippen LogP contribution is -2.14. The second-order valence-corrected chi connectivity index (χ2v) is 10.1. The maximum absolute atomic E-state index is 6.22. The van der Waals surface area contributed by atoms with Crippen LogP contribution in [0.25, 0.3) is 5.57 Å². The van der Waals surface area contributed by atoms with Crippen LogP contribution in [0, 0.1) is 13.8 Å². The van der Waals surface area contributed by atoms with Gasteiger partial charge in [-0.1, -0.05) is 6.07 Å². The van der Waals surface area contributed by atoms with Crippen molar-refractivity contribution in [3.8, 4) is 11.5 Å². The second kappa shape index (κ2) is 19.3. The third-order valence-corrected chi connectivity index (χ3v) is 6.53. The highest BCUT2D eigenvalue weighted by Crippen LogP contribution is 2.38. The van der Waals surface area contributed by atoms with Crippen LogP contribution in [0.3, 0.4) is 0 Å². The molecule has 10 nitrogen and oxygen atoms in total. The fourth-order valence-corrected chi connectivity index (χ4v) is 4.56. The highest BCUT2D eigenvalue weighted by molar-refractivity contribution is 6.01. The molecule has 0 unspecified atom stereocenters. The number of aromatic amines is 1. The summed E-state index contributed by atoms with van der Waals surface area (Å²) in [4.78, 5) is 8.43. The molecular weight excluding hydrogens is 552 g/mol. The molecule has 0 bridgehead atoms. The maximum atomic E-state index is 6.22. The Morgan fingerprint density at radius 3 is 1.67 bits per heavy atom. The van der Waals surface area contributed by atoms with Gasteiger partial charge in [0.15, 0.2) is 11.5 Å². The number of nitrogens with zero attached hydrogens (tertiary/aromatic N) is 1. The molecule has 0 aliphatic carbocycles. The Balaban J connectivity index is 1.73. The van der Waals surface area contributed by atoms with Gasteiger partial charge in [0.05, 0.1) is 77.5 Å². The van der Waals surface area contributed by atoms with Crippen molar-refractivity contribution in [1.82, 2.24) is 4.98 Å². The van der Waals surface area contributed by atoms with Gasteiger partial charge in [0, 0.05) is 31.2 Å². The van der Waals surface area contributed by atoms with E-state index in [1.165, 1.54) is 0 Å². The number of allylic oxidation sites excluding steroid dienone is 2. The van der Waals surface area contributed by atoms with Crippen LogP contribution < -0.4 is 9.47 Å². The molecule has 43 heavy (non-hydrogen) atoms. The van der Waals surface area contributed by atoms with Crippen molar-refractivity contribution in [2.24, 2.45) is 4.99 Å². The molecule has 238 valence electrons. The van der Waals surface area contributed by atoms with Crippen LogP contribution in [0.15, 0.2) is 46.6 Å². The van der Waals surface area contributed by atoms with Crippen molar-refractivity contribution in [1.29, 1.82) is 0 Å². The van der Waals surface area contributed by atoms with Crippen LogP contribution in [0.1, 0.15) is 36.4 Å². The van der Waals surface area contributed by atoms with Crippen molar-refractivity contribution in [3.63, 3.8) is 0 Å². The number of nitrogens with one attached hydrogen (secondary N) is 1. The number of aliphatic imine (C=N–C) groups is 1. The molecule has 0 fully saturated rings. The average molecular weight is 601 g/mol. The third kappa shape index (κ3) is 11.6. The van der Waals surface area contributed by atoms with Crippen LogP contribution in [0.2, 0.25) is 0 Å². The van der Waals surface area contributed by atoms with Gasteiger partial charge in [-0.3, -0.25) is 4.99 Å². The smallest absolute Gasteiger partial charge is 0.161 e. The van der Waals surface area contributed by atoms with Crippen molar-refractivity contribution < 1.29 is 37.9 Å². The zero-order valence-electron chi connectivity index (χ0n) is 26.6. The number of aromatic nitrogens is 1. The molecule has 1 aromatic heterocycles. The predicted molar refractivity (Wildman–Crippen MR) is 168 cm³/mol. The Labute approximate surface area is 256 Å². The van der Waals surface area contributed by atoms with Gasteiger partial charge in [0.25, 0.3) is 0 Å². The first kappa shape index (κ1) is 34.5. The van der Waals surface area contributed by atoms with Crippen molar-refractivity contribution in [3.05, 3.63) is 64.1 Å². The van der Waals surface area contributed by atoms with Crippen LogP contribution in [0.5, 0.6) is 11.5 Å². The number of H-pyrrole nitrogens is 1. The van der Waals surface area contributed by atoms with Gasteiger partial charge < -0.3 is 42.9 Å². The lowest BCUT2D eigenvalue weighted by Gasteiger charge is -2.17. The molecule has 0 atom stereocenters. The number of aryl methyl sites for hydroxylation is 2. The minimum atomic E-state index is 0.357. The van der Waals surface area contributed by atoms with Gasteiger partial charge in [0.2, 0.25) is 0 Å². The van der Waals surface area contributed by atoms with Crippen LogP contribution in [-0.2, 0) is 28.4 Å². The molecular formula is C33H48N2O8. The van der Waals surface area contributed by atoms with E-state index in [-0.39, 0.29) is 0 Å². The number of hydrogen-bond donors (Lipinski definition) is 1. The van der Waals surface area contributed by atoms with Gasteiger partial charge in [-0.25, -0.2) is 0 Å². The molecule has 0 amide bonds. The SMILES string of the molecule is COCCOCCOCCOc1ccc(/C(=C2\N=C(C)C=C2C)c2[nH]c(C)cc2C)cc1OCCOCCOCCOC. The first-order chi connectivity index (χ1) is 20.9. The van der Waals surface area contributed by atoms with E-state index in [9.17, 15) is 0 Å². The van der Waals surface area contributed by atoms with Gasteiger partial charge in [0.1, 0.15) is 13.2 Å². The fraction of sp³-hybridized carbons (Fsp3) is 0.545. The summed E-state index contributed by atoms with van der Waals surface area (Å²) in [6.45, 7) is 14.1. The molecule has 2 heterocycles. The molecule has 2 aromatic rings. The van der Waals surface area contributed by atoms with Crippen molar-refractivity contribution >= 4 is 11.3 Å². The number of ether oxygens (including phenoxy) is 8. The number of benzene rings is 1. The molecule has 0 spiro atoms. The monoisotopic (exact) mass is 600 g/mol. The summed E-state index contributed by atoms with van der Waals surface area (Å²) in [5.74, 6) is 1.26. The Morgan fingerprint density at radius 2 is 1.19 bits per heavy atom. The largest absolute Gasteiger partial charge is 0.487 e. The van der Waals surface area contributed by atoms with E-state index in [1.54, 1.807) is 14.2 Å². The van der Waals surface area contributed by atoms with E-state index in [0.717, 1.165) is 45.1 Å². The maximum Gasteiger partial charge on any atom is 0.161 e. The molecule has 0 saturated carbocycles. The first-order valence-electron chi connectivity index (χ1n) is 14.8. The van der Waals surface area contributed by atoms with E-state index in [2.05, 4.69) is 44.0 Å². The number of rotatable bonds is 22. The summed E-state index contributed by atoms with van der Waals surface area (Å²) < 4.78 is 44.5. The average Bonchev–Trinajstić information content (AvgIpc) is 3.50. The Bertz CT molecular complexity index is 1220. The van der Waals surface area contributed by atoms with Crippen molar-refractivity contribution in [2.75, 3.05) is 93.5 Å². The van der Waals surface area contributed by atoms with Crippen LogP contribution in [-0.4, -0.2) is 104 Å². The molecule has 1 N–H and O–H groups in total. The minimum absolute atomic E-state index is 0.357. The van der Waals surface area contributed by atoms with E-state index in [4.69, 9.17) is 42.9 Å². The Hall–Kier alpha value is -2.99. The first-order valence-corrected chi connectivity index (χ1v) is 14.8. The second-order valence-electron chi connectivity index (χ2n) is 10.1. The van der Waals surface area contributed by atoms with Gasteiger partial charge >= 0.3 is 0 Å². The predicted octanol–water partition coefficient (Wildman–Crippen LogP) is 4.93. The van der Waals surface area contributed by atoms with Gasteiger partial charge in [-0.15, -0.1) is 0 Å². The van der Waals surface area contributed by atoms with Gasteiger partial charge in [-0.2, -0.15) is 0 Å². The summed E-state index contributed by atoms with van der Waals surface area (Å²) in [6, 6.07) is 8.16. The quantitative estimate of drug-likeness (QED) is 0.190. The summed E-state index contributed by atoms with van der Waals surface area (Å²) in [5, 5.41) is 0. The lowest BCUT2D eigenvalue weighted by molar-refractivity contribution is 0.0159. The summed E-state index contributed by atoms with van der Waals surface area (Å²) in [7, 11) is 3.30. The Kier molecular flexibility index (Phi) is 15.5. The van der Waals surface area contributed by atoms with Gasteiger partial charge in [-0.05, 0) is 68.7 Å². The molecule has 3 rings (SSSR count). The van der Waals surface area contributed by atoms with E-state index in [0.29, 0.717) is 90.8 Å². The normalized spacial score (nSPS) is 14.2. The van der Waals surface area contributed by atoms with E-state index < -0.39 is 0 Å². The van der Waals surface area contributed by atoms with Crippen LogP contribution in [0.4, 0.5) is 0 Å². The van der Waals surface area contributed by atoms with Crippen molar-refractivity contribution in [2.45, 2.75) is 27.7 Å². The lowest BCUT2D eigenvalue weighted by atomic mass is 9.95. The molecule has 1 aliphatic rings. The van der Waals surface area contributed by atoms with E-state index in [1.807, 2.05) is 19.1 Å². The molecule has 1 aliphatic heterocycles. The Morgan fingerprint density at radius 1 is 0.651 bits per heavy atom. The topological polar surface area (TPSA) is 102 Å².